The molecule has 1 aromatic rings. The van der Waals surface area contributed by atoms with E-state index in [2.05, 4.69) is 4.74 Å². The third kappa shape index (κ3) is 3.13. The van der Waals surface area contributed by atoms with E-state index in [0.717, 1.165) is 0 Å². The maximum absolute atomic E-state index is 11.0. The first-order valence-corrected chi connectivity index (χ1v) is 4.86. The minimum absolute atomic E-state index is 0.263. The number of amides is 2. The summed E-state index contributed by atoms with van der Waals surface area (Å²) in [5.41, 5.74) is 5.12. The molecular formula is C8H8N2O4S. The Balaban J connectivity index is 2.64. The van der Waals surface area contributed by atoms with Crippen LogP contribution in [0, 0.1) is 4.91 Å². The lowest BCUT2D eigenvalue weighted by molar-refractivity contribution is -0.120. The predicted octanol–water partition coefficient (Wildman–Crippen LogP) is 1.22. The highest BCUT2D eigenvalue weighted by atomic mass is 32.1. The molecule has 2 N–H and O–H groups in total. The number of primary amides is 1. The zero-order valence-corrected chi connectivity index (χ0v) is 8.40. The molecule has 0 saturated carbocycles. The molecule has 80 valence electrons. The summed E-state index contributed by atoms with van der Waals surface area (Å²) in [7, 11) is 0. The number of nitrogens with two attached hydrogens (primary N) is 1. The molecule has 1 unspecified atom stereocenters. The van der Waals surface area contributed by atoms with Crippen molar-refractivity contribution < 1.29 is 14.3 Å². The van der Waals surface area contributed by atoms with Gasteiger partial charge in [-0.2, -0.15) is 0 Å². The van der Waals surface area contributed by atoms with Crippen molar-refractivity contribution in [3.8, 4) is 0 Å². The highest BCUT2D eigenvalue weighted by molar-refractivity contribution is 7.10. The first kappa shape index (κ1) is 11.3. The molecule has 0 aliphatic carbocycles. The lowest BCUT2D eigenvalue weighted by Crippen LogP contribution is -2.25. The van der Waals surface area contributed by atoms with E-state index in [9.17, 15) is 14.5 Å². The van der Waals surface area contributed by atoms with Crippen molar-refractivity contribution in [2.75, 3.05) is 6.61 Å². The number of rotatable bonds is 4. The summed E-state index contributed by atoms with van der Waals surface area (Å²) < 4.78 is 4.43. The number of hydrogen-bond donors (Lipinski definition) is 1. The normalized spacial score (nSPS) is 11.7. The van der Waals surface area contributed by atoms with Crippen molar-refractivity contribution >= 4 is 23.3 Å². The summed E-state index contributed by atoms with van der Waals surface area (Å²) in [6.45, 7) is -0.263. The van der Waals surface area contributed by atoms with E-state index in [-0.39, 0.29) is 6.61 Å². The van der Waals surface area contributed by atoms with Gasteiger partial charge >= 0.3 is 6.09 Å². The van der Waals surface area contributed by atoms with Gasteiger partial charge in [0.1, 0.15) is 12.5 Å². The molecule has 2 amide bonds. The standard InChI is InChI=1S/C8H8N2O4S/c9-7(11)5(4-14-8(12)10-13)6-2-1-3-15-6/h1-3,5H,4H2,(H2,9,11). The molecule has 6 nitrogen and oxygen atoms in total. The number of carbonyl (C=O) groups excluding carboxylic acids is 2. The highest BCUT2D eigenvalue weighted by Crippen LogP contribution is 2.21. The van der Waals surface area contributed by atoms with Crippen LogP contribution < -0.4 is 5.73 Å². The number of hydrogen-bond acceptors (Lipinski definition) is 5. The Hall–Kier alpha value is -1.76. The zero-order valence-electron chi connectivity index (χ0n) is 7.58. The Morgan fingerprint density at radius 3 is 2.80 bits per heavy atom. The summed E-state index contributed by atoms with van der Waals surface area (Å²) in [6, 6.07) is 3.44. The topological polar surface area (TPSA) is 98.8 Å². The van der Waals surface area contributed by atoms with Crippen LogP contribution in [0.4, 0.5) is 4.79 Å². The smallest absolute Gasteiger partial charge is 0.445 e. The lowest BCUT2D eigenvalue weighted by atomic mass is 10.1. The van der Waals surface area contributed by atoms with Gasteiger partial charge in [-0.05, 0) is 11.4 Å². The van der Waals surface area contributed by atoms with Crippen LogP contribution in [0.1, 0.15) is 10.8 Å². The van der Waals surface area contributed by atoms with Gasteiger partial charge in [0.25, 0.3) is 0 Å². The van der Waals surface area contributed by atoms with Crippen molar-refractivity contribution in [3.63, 3.8) is 0 Å². The minimum atomic E-state index is -1.25. The fraction of sp³-hybridized carbons (Fsp3) is 0.250. The molecule has 0 aliphatic heterocycles. The largest absolute Gasteiger partial charge is 0.470 e. The van der Waals surface area contributed by atoms with Crippen LogP contribution in [0.5, 0.6) is 0 Å². The molecule has 0 fully saturated rings. The lowest BCUT2D eigenvalue weighted by Gasteiger charge is -2.09. The third-order valence-corrected chi connectivity index (χ3v) is 2.66. The van der Waals surface area contributed by atoms with Crippen molar-refractivity contribution in [3.05, 3.63) is 27.3 Å². The van der Waals surface area contributed by atoms with Gasteiger partial charge in [-0.25, -0.2) is 4.79 Å². The maximum atomic E-state index is 11.0. The second kappa shape index (κ2) is 5.20. The molecule has 0 aromatic carbocycles. The van der Waals surface area contributed by atoms with Gasteiger partial charge in [0.2, 0.25) is 5.91 Å². The fourth-order valence-corrected chi connectivity index (χ4v) is 1.79. The van der Waals surface area contributed by atoms with Crippen molar-refractivity contribution in [2.24, 2.45) is 10.9 Å². The average molecular weight is 228 g/mol. The first-order chi connectivity index (χ1) is 7.15. The molecule has 1 rings (SSSR count). The molecule has 1 heterocycles. The van der Waals surface area contributed by atoms with E-state index in [1.54, 1.807) is 17.5 Å². The van der Waals surface area contributed by atoms with E-state index in [1.165, 1.54) is 11.3 Å². The summed E-state index contributed by atoms with van der Waals surface area (Å²) in [5, 5.41) is 3.81. The monoisotopic (exact) mass is 228 g/mol. The van der Waals surface area contributed by atoms with Crippen molar-refractivity contribution in [1.82, 2.24) is 0 Å². The van der Waals surface area contributed by atoms with Gasteiger partial charge in [0.15, 0.2) is 0 Å². The van der Waals surface area contributed by atoms with E-state index >= 15 is 0 Å². The quantitative estimate of drug-likeness (QED) is 0.783. The van der Waals surface area contributed by atoms with Crippen LogP contribution in [0.25, 0.3) is 0 Å². The highest BCUT2D eigenvalue weighted by Gasteiger charge is 2.21. The molecule has 1 atom stereocenters. The number of carbonyl (C=O) groups is 2. The summed E-state index contributed by atoms with van der Waals surface area (Å²) >= 11 is 1.32. The number of thiophene rings is 1. The Labute approximate surface area is 89.0 Å². The molecule has 0 aliphatic rings. The fourth-order valence-electron chi connectivity index (χ4n) is 0.975. The predicted molar refractivity (Wildman–Crippen MR) is 53.4 cm³/mol. The Kier molecular flexibility index (Phi) is 3.92. The van der Waals surface area contributed by atoms with E-state index in [1.807, 2.05) is 5.18 Å². The van der Waals surface area contributed by atoms with Gasteiger partial charge in [0, 0.05) is 4.88 Å². The molecular weight excluding hydrogens is 220 g/mol. The van der Waals surface area contributed by atoms with Crippen LogP contribution in [-0.2, 0) is 9.53 Å². The summed E-state index contributed by atoms with van der Waals surface area (Å²) in [5.74, 6) is -1.34. The van der Waals surface area contributed by atoms with Gasteiger partial charge in [-0.1, -0.05) is 6.07 Å². The summed E-state index contributed by atoms with van der Waals surface area (Å²) in [6.07, 6.45) is -1.25. The minimum Gasteiger partial charge on any atom is -0.445 e. The van der Waals surface area contributed by atoms with Gasteiger partial charge < -0.3 is 10.5 Å². The van der Waals surface area contributed by atoms with Gasteiger partial charge in [0.05, 0.1) is 5.18 Å². The van der Waals surface area contributed by atoms with E-state index in [0.29, 0.717) is 4.88 Å². The van der Waals surface area contributed by atoms with Crippen LogP contribution in [0.15, 0.2) is 22.7 Å². The van der Waals surface area contributed by atoms with Crippen LogP contribution in [0.2, 0.25) is 0 Å². The van der Waals surface area contributed by atoms with E-state index < -0.39 is 17.9 Å². The molecule has 1 aromatic heterocycles. The Bertz CT molecular complexity index is 363. The SMILES string of the molecule is NC(=O)C(COC(=O)N=O)c1cccs1. The second-order valence-corrected chi connectivity index (χ2v) is 3.62. The number of ether oxygens (including phenoxy) is 1. The molecule has 15 heavy (non-hydrogen) atoms. The first-order valence-electron chi connectivity index (χ1n) is 3.98. The van der Waals surface area contributed by atoms with Crippen molar-refractivity contribution in [1.29, 1.82) is 0 Å². The van der Waals surface area contributed by atoms with Crippen LogP contribution in [0.3, 0.4) is 0 Å². The average Bonchev–Trinajstić information content (AvgIpc) is 2.70. The Morgan fingerprint density at radius 2 is 2.33 bits per heavy atom. The number of nitroso groups, excluding NO2 is 1. The molecule has 0 radical (unpaired) electrons. The van der Waals surface area contributed by atoms with Crippen molar-refractivity contribution in [2.45, 2.75) is 5.92 Å². The molecule has 7 heteroatoms. The number of nitrogens with zero attached hydrogens (tertiary/aromatic N) is 1. The third-order valence-electron chi connectivity index (χ3n) is 1.68. The van der Waals surface area contributed by atoms with Gasteiger partial charge in [-0.3, -0.25) is 4.79 Å². The maximum Gasteiger partial charge on any atom is 0.470 e. The zero-order chi connectivity index (χ0) is 11.3. The molecule has 0 saturated heterocycles. The van der Waals surface area contributed by atoms with Crippen LogP contribution >= 0.6 is 11.3 Å². The van der Waals surface area contributed by atoms with E-state index in [4.69, 9.17) is 5.73 Å². The van der Waals surface area contributed by atoms with Crippen LogP contribution in [-0.4, -0.2) is 18.6 Å². The molecule has 0 spiro atoms. The second-order valence-electron chi connectivity index (χ2n) is 2.64. The summed E-state index contributed by atoms with van der Waals surface area (Å²) in [4.78, 5) is 31.9. The molecule has 0 bridgehead atoms. The Morgan fingerprint density at radius 1 is 1.60 bits per heavy atom. The van der Waals surface area contributed by atoms with Gasteiger partial charge in [-0.15, -0.1) is 16.2 Å².